The van der Waals surface area contributed by atoms with E-state index in [-0.39, 0.29) is 5.91 Å². The van der Waals surface area contributed by atoms with Crippen LogP contribution in [-0.4, -0.2) is 51.9 Å². The van der Waals surface area contributed by atoms with Gasteiger partial charge in [0.15, 0.2) is 5.11 Å². The molecule has 0 saturated heterocycles. The molecule has 2 aromatic rings. The van der Waals surface area contributed by atoms with E-state index in [1.54, 1.807) is 11.8 Å². The van der Waals surface area contributed by atoms with Gasteiger partial charge in [0.1, 0.15) is 5.00 Å². The third-order valence-corrected chi connectivity index (χ3v) is 6.33. The number of nitrogens with zero attached hydrogens (tertiary/aromatic N) is 3. The molecule has 0 bridgehead atoms. The number of carbonyl (C=O) groups is 2. The van der Waals surface area contributed by atoms with Crippen molar-refractivity contribution in [3.05, 3.63) is 27.4 Å². The molecule has 2 aromatic heterocycles. The van der Waals surface area contributed by atoms with Crippen molar-refractivity contribution in [1.82, 2.24) is 14.7 Å². The van der Waals surface area contributed by atoms with Gasteiger partial charge in [0.05, 0.1) is 34.6 Å². The van der Waals surface area contributed by atoms with Crippen molar-refractivity contribution in [2.24, 2.45) is 0 Å². The number of nitrogens with one attached hydrogen (secondary N) is 2. The fraction of sp³-hybridized carbons (Fsp3) is 0.500. The molecule has 0 aliphatic rings. The number of carbonyl (C=O) groups excluding carboxylic acids is 2. The summed E-state index contributed by atoms with van der Waals surface area (Å²) < 4.78 is 6.83. The minimum absolute atomic E-state index is 0.115. The van der Waals surface area contributed by atoms with Crippen LogP contribution in [0.3, 0.4) is 0 Å². The minimum atomic E-state index is -0.515. The summed E-state index contributed by atoms with van der Waals surface area (Å²) in [5.74, 6) is -0.630. The number of thiophene rings is 1. The summed E-state index contributed by atoms with van der Waals surface area (Å²) in [6.07, 6.45) is 0. The summed E-state index contributed by atoms with van der Waals surface area (Å²) in [5.41, 5.74) is 3.51. The lowest BCUT2D eigenvalue weighted by molar-refractivity contribution is 0.0601. The molecular weight excluding hydrogens is 422 g/mol. The van der Waals surface area contributed by atoms with Crippen LogP contribution in [-0.2, 0) is 11.3 Å². The lowest BCUT2D eigenvalue weighted by atomic mass is 10.1. The largest absolute Gasteiger partial charge is 0.465 e. The van der Waals surface area contributed by atoms with Crippen molar-refractivity contribution in [3.8, 4) is 0 Å². The lowest BCUT2D eigenvalue weighted by Gasteiger charge is -2.17. The first-order valence-corrected chi connectivity index (χ1v) is 11.0. The number of anilines is 2. The van der Waals surface area contributed by atoms with Crippen molar-refractivity contribution in [1.29, 1.82) is 0 Å². The van der Waals surface area contributed by atoms with Crippen molar-refractivity contribution in [3.63, 3.8) is 0 Å². The molecule has 0 aliphatic heterocycles. The smallest absolute Gasteiger partial charge is 0.341 e. The van der Waals surface area contributed by atoms with Crippen LogP contribution < -0.4 is 10.6 Å². The van der Waals surface area contributed by atoms with E-state index in [1.807, 2.05) is 39.3 Å². The molecule has 2 heterocycles. The number of thiocarbonyl (C=S) groups is 1. The van der Waals surface area contributed by atoms with Gasteiger partial charge in [0, 0.05) is 19.6 Å². The number of hydrogen-bond donors (Lipinski definition) is 2. The van der Waals surface area contributed by atoms with Gasteiger partial charge in [-0.15, -0.1) is 11.3 Å². The Balaban J connectivity index is 2.37. The normalized spacial score (nSPS) is 10.6. The van der Waals surface area contributed by atoms with E-state index >= 15 is 0 Å². The Morgan fingerprint density at radius 2 is 1.80 bits per heavy atom. The van der Waals surface area contributed by atoms with Crippen LogP contribution in [0.5, 0.6) is 0 Å². The monoisotopic (exact) mass is 451 g/mol. The zero-order valence-corrected chi connectivity index (χ0v) is 20.1. The Hall–Kier alpha value is -2.46. The third kappa shape index (κ3) is 4.65. The number of methoxy groups -OCH3 is 1. The first-order chi connectivity index (χ1) is 14.2. The highest BCUT2D eigenvalue weighted by molar-refractivity contribution is 7.80. The molecule has 0 spiro atoms. The molecular formula is C20H29N5O3S2. The van der Waals surface area contributed by atoms with Gasteiger partial charge in [-0.2, -0.15) is 5.10 Å². The van der Waals surface area contributed by atoms with E-state index in [9.17, 15) is 9.59 Å². The molecule has 2 N–H and O–H groups in total. The summed E-state index contributed by atoms with van der Waals surface area (Å²) in [4.78, 5) is 27.5. The molecule has 30 heavy (non-hydrogen) atoms. The van der Waals surface area contributed by atoms with Crippen molar-refractivity contribution < 1.29 is 14.3 Å². The first-order valence-electron chi connectivity index (χ1n) is 9.82. The zero-order chi connectivity index (χ0) is 22.6. The minimum Gasteiger partial charge on any atom is -0.465 e. The van der Waals surface area contributed by atoms with Gasteiger partial charge in [-0.05, 0) is 59.3 Å². The highest BCUT2D eigenvalue weighted by atomic mass is 32.1. The van der Waals surface area contributed by atoms with E-state index in [0.717, 1.165) is 23.6 Å². The van der Waals surface area contributed by atoms with Gasteiger partial charge in [0.25, 0.3) is 5.91 Å². The average molecular weight is 452 g/mol. The maximum atomic E-state index is 12.9. The number of ether oxygens (including phenoxy) is 1. The number of rotatable bonds is 7. The number of esters is 1. The van der Waals surface area contributed by atoms with Gasteiger partial charge in [0.2, 0.25) is 0 Å². The highest BCUT2D eigenvalue weighted by Crippen LogP contribution is 2.35. The molecule has 1 amide bonds. The quantitative estimate of drug-likeness (QED) is 0.486. The molecule has 0 aliphatic carbocycles. The molecule has 0 unspecified atom stereocenters. The summed E-state index contributed by atoms with van der Waals surface area (Å²) in [6.45, 7) is 13.4. The van der Waals surface area contributed by atoms with Crippen LogP contribution in [0.15, 0.2) is 0 Å². The van der Waals surface area contributed by atoms with E-state index in [0.29, 0.717) is 39.2 Å². The molecule has 0 atom stereocenters. The van der Waals surface area contributed by atoms with Gasteiger partial charge in [-0.25, -0.2) is 4.79 Å². The molecule has 10 heteroatoms. The average Bonchev–Trinajstić information content (AvgIpc) is 3.18. The van der Waals surface area contributed by atoms with Crippen LogP contribution in [0.2, 0.25) is 0 Å². The van der Waals surface area contributed by atoms with Gasteiger partial charge in [-0.3, -0.25) is 9.48 Å². The molecule has 0 aromatic carbocycles. The van der Waals surface area contributed by atoms with Crippen LogP contribution in [0, 0.1) is 20.8 Å². The molecule has 0 fully saturated rings. The van der Waals surface area contributed by atoms with Crippen LogP contribution in [0.25, 0.3) is 0 Å². The number of hydrogen-bond acceptors (Lipinski definition) is 6. The third-order valence-electron chi connectivity index (χ3n) is 4.93. The molecule has 0 radical (unpaired) electrons. The fourth-order valence-electron chi connectivity index (χ4n) is 3.24. The van der Waals surface area contributed by atoms with Crippen LogP contribution in [0.1, 0.15) is 57.8 Å². The maximum absolute atomic E-state index is 12.9. The summed E-state index contributed by atoms with van der Waals surface area (Å²) >= 11 is 6.68. The topological polar surface area (TPSA) is 88.5 Å². The van der Waals surface area contributed by atoms with Gasteiger partial charge < -0.3 is 20.3 Å². The Bertz CT molecular complexity index is 960. The Morgan fingerprint density at radius 1 is 1.17 bits per heavy atom. The molecule has 0 saturated carbocycles. The van der Waals surface area contributed by atoms with Gasteiger partial charge in [-0.1, -0.05) is 0 Å². The maximum Gasteiger partial charge on any atom is 0.341 e. The second kappa shape index (κ2) is 10.0. The van der Waals surface area contributed by atoms with Crippen LogP contribution in [0.4, 0.5) is 10.7 Å². The second-order valence-corrected chi connectivity index (χ2v) is 8.10. The Kier molecular flexibility index (Phi) is 7.96. The van der Waals surface area contributed by atoms with Gasteiger partial charge >= 0.3 is 5.97 Å². The lowest BCUT2D eigenvalue weighted by Crippen LogP contribution is -2.30. The first kappa shape index (κ1) is 23.8. The number of aryl methyl sites for hydroxylation is 2. The number of aromatic nitrogens is 2. The van der Waals surface area contributed by atoms with Crippen molar-refractivity contribution in [2.45, 2.75) is 48.1 Å². The standard InChI is InChI=1S/C20H29N5O3S2/c1-8-24(9-2)18(26)16-11(4)14(19(27)28-7)17(30-16)22-20(29)21-15-12(5)23-25(10-3)13(15)6/h8-10H2,1-7H3,(H2,21,22,29). The Labute approximate surface area is 186 Å². The molecule has 164 valence electrons. The summed E-state index contributed by atoms with van der Waals surface area (Å²) in [5, 5.41) is 11.5. The molecule has 8 nitrogen and oxygen atoms in total. The fourth-order valence-corrected chi connectivity index (χ4v) is 4.68. The highest BCUT2D eigenvalue weighted by Gasteiger charge is 2.27. The van der Waals surface area contributed by atoms with Crippen LogP contribution >= 0.6 is 23.6 Å². The Morgan fingerprint density at radius 3 is 2.30 bits per heavy atom. The van der Waals surface area contributed by atoms with E-state index in [1.165, 1.54) is 18.4 Å². The predicted octanol–water partition coefficient (Wildman–Crippen LogP) is 3.97. The van der Waals surface area contributed by atoms with Crippen molar-refractivity contribution in [2.75, 3.05) is 30.8 Å². The second-order valence-electron chi connectivity index (χ2n) is 6.67. The summed E-state index contributed by atoms with van der Waals surface area (Å²) in [6, 6.07) is 0. The predicted molar refractivity (Wildman–Crippen MR) is 125 cm³/mol. The van der Waals surface area contributed by atoms with E-state index in [4.69, 9.17) is 17.0 Å². The molecule has 2 rings (SSSR count). The number of amides is 1. The SMILES string of the molecule is CCN(CC)C(=O)c1sc(NC(=S)Nc2c(C)nn(CC)c2C)c(C(=O)OC)c1C. The zero-order valence-electron chi connectivity index (χ0n) is 18.5. The summed E-state index contributed by atoms with van der Waals surface area (Å²) in [7, 11) is 1.32. The van der Waals surface area contributed by atoms with Crippen molar-refractivity contribution >= 4 is 51.2 Å². The van der Waals surface area contributed by atoms with E-state index in [2.05, 4.69) is 15.7 Å². The van der Waals surface area contributed by atoms with E-state index < -0.39 is 5.97 Å².